The molecule has 0 atom stereocenters. The molecule has 0 rings (SSSR count). The van der Waals surface area contributed by atoms with Crippen LogP contribution in [0.1, 0.15) is 79.1 Å². The number of carbonyl (C=O) groups excluding carboxylic acids is 2. The molecular formula is C18H36N2O2. The maximum absolute atomic E-state index is 11.6. The van der Waals surface area contributed by atoms with Gasteiger partial charge in [0.15, 0.2) is 0 Å². The van der Waals surface area contributed by atoms with Crippen LogP contribution >= 0.6 is 0 Å². The first kappa shape index (κ1) is 20.9. The number of unbranched alkanes of at least 4 members (excludes halogenated alkanes) is 2. The van der Waals surface area contributed by atoms with Crippen LogP contribution in [-0.4, -0.2) is 24.9 Å². The molecule has 2 amide bonds. The Hall–Kier alpha value is -1.06. The van der Waals surface area contributed by atoms with Gasteiger partial charge in [0.2, 0.25) is 11.8 Å². The highest BCUT2D eigenvalue weighted by atomic mass is 16.2. The lowest BCUT2D eigenvalue weighted by Crippen LogP contribution is -2.26. The summed E-state index contributed by atoms with van der Waals surface area (Å²) in [5.74, 6) is 1.57. The molecule has 2 N–H and O–H groups in total. The number of hydrogen-bond acceptors (Lipinski definition) is 2. The Morgan fingerprint density at radius 3 is 1.73 bits per heavy atom. The van der Waals surface area contributed by atoms with Crippen molar-refractivity contribution in [2.24, 2.45) is 11.8 Å². The molecule has 4 heteroatoms. The summed E-state index contributed by atoms with van der Waals surface area (Å²) in [4.78, 5) is 23.1. The van der Waals surface area contributed by atoms with Crippen LogP contribution in [0.4, 0.5) is 0 Å². The van der Waals surface area contributed by atoms with Crippen LogP contribution in [0.15, 0.2) is 0 Å². The van der Waals surface area contributed by atoms with E-state index in [9.17, 15) is 9.59 Å². The molecule has 0 saturated carbocycles. The van der Waals surface area contributed by atoms with Crippen molar-refractivity contribution in [2.45, 2.75) is 79.1 Å². The van der Waals surface area contributed by atoms with Gasteiger partial charge in [-0.1, -0.05) is 40.5 Å². The molecule has 22 heavy (non-hydrogen) atoms. The van der Waals surface area contributed by atoms with Gasteiger partial charge in [-0.25, -0.2) is 0 Å². The predicted molar refractivity (Wildman–Crippen MR) is 92.6 cm³/mol. The van der Waals surface area contributed by atoms with E-state index < -0.39 is 0 Å². The largest absolute Gasteiger partial charge is 0.356 e. The molecule has 0 heterocycles. The molecular weight excluding hydrogens is 276 g/mol. The van der Waals surface area contributed by atoms with Gasteiger partial charge in [-0.3, -0.25) is 9.59 Å². The fourth-order valence-corrected chi connectivity index (χ4v) is 2.14. The highest BCUT2D eigenvalue weighted by molar-refractivity contribution is 5.76. The van der Waals surface area contributed by atoms with Crippen molar-refractivity contribution in [1.82, 2.24) is 10.6 Å². The van der Waals surface area contributed by atoms with Crippen molar-refractivity contribution in [3.63, 3.8) is 0 Å². The number of nitrogens with one attached hydrogen (secondary N) is 2. The molecule has 0 aliphatic heterocycles. The second kappa shape index (κ2) is 13.6. The quantitative estimate of drug-likeness (QED) is 0.510. The van der Waals surface area contributed by atoms with E-state index in [2.05, 4.69) is 38.3 Å². The summed E-state index contributed by atoms with van der Waals surface area (Å²) in [5.41, 5.74) is 0. The van der Waals surface area contributed by atoms with E-state index in [-0.39, 0.29) is 11.8 Å². The van der Waals surface area contributed by atoms with Crippen molar-refractivity contribution in [3.8, 4) is 0 Å². The van der Waals surface area contributed by atoms with E-state index in [4.69, 9.17) is 0 Å². The minimum Gasteiger partial charge on any atom is -0.356 e. The Balaban J connectivity index is 3.36. The van der Waals surface area contributed by atoms with Crippen LogP contribution in [0.5, 0.6) is 0 Å². The van der Waals surface area contributed by atoms with Crippen molar-refractivity contribution in [1.29, 1.82) is 0 Å². The first-order valence-corrected chi connectivity index (χ1v) is 8.95. The Bertz CT molecular complexity index is 301. The lowest BCUT2D eigenvalue weighted by molar-refractivity contribution is -0.121. The van der Waals surface area contributed by atoms with Gasteiger partial charge in [-0.15, -0.1) is 0 Å². The first-order chi connectivity index (χ1) is 10.4. The van der Waals surface area contributed by atoms with Gasteiger partial charge >= 0.3 is 0 Å². The average Bonchev–Trinajstić information content (AvgIpc) is 2.44. The summed E-state index contributed by atoms with van der Waals surface area (Å²) in [6, 6.07) is 0. The second-order valence-electron chi connectivity index (χ2n) is 6.98. The Kier molecular flexibility index (Phi) is 12.9. The first-order valence-electron chi connectivity index (χ1n) is 8.95. The molecule has 0 saturated heterocycles. The normalized spacial score (nSPS) is 11.0. The van der Waals surface area contributed by atoms with E-state index >= 15 is 0 Å². The van der Waals surface area contributed by atoms with E-state index in [1.165, 1.54) is 12.8 Å². The predicted octanol–water partition coefficient (Wildman–Crippen LogP) is 3.65. The molecule has 0 unspecified atom stereocenters. The minimum absolute atomic E-state index is 0.128. The standard InChI is InChI=1S/C18H36N2O2/c1-15(2)9-5-7-13-19-17(21)10-6-8-14-20-18(22)12-11-16(3)4/h15-16H,5-14H2,1-4H3,(H,19,21)(H,20,22). The van der Waals surface area contributed by atoms with E-state index in [1.54, 1.807) is 0 Å². The van der Waals surface area contributed by atoms with E-state index in [0.717, 1.165) is 38.1 Å². The summed E-state index contributed by atoms with van der Waals surface area (Å²) in [6.07, 6.45) is 7.28. The Labute approximate surface area is 136 Å². The zero-order chi connectivity index (χ0) is 16.8. The van der Waals surface area contributed by atoms with Crippen LogP contribution in [0, 0.1) is 11.8 Å². The summed E-state index contributed by atoms with van der Waals surface area (Å²) < 4.78 is 0. The van der Waals surface area contributed by atoms with E-state index in [1.807, 2.05) is 0 Å². The number of hydrogen-bond donors (Lipinski definition) is 2. The molecule has 4 nitrogen and oxygen atoms in total. The number of amides is 2. The van der Waals surface area contributed by atoms with Crippen molar-refractivity contribution in [3.05, 3.63) is 0 Å². The maximum atomic E-state index is 11.6. The molecule has 0 aromatic rings. The number of carbonyl (C=O) groups is 2. The SMILES string of the molecule is CC(C)CCCCNC(=O)CCCCNC(=O)CCC(C)C. The molecule has 0 aromatic heterocycles. The summed E-state index contributed by atoms with van der Waals surface area (Å²) in [6.45, 7) is 10.2. The zero-order valence-corrected chi connectivity index (χ0v) is 15.0. The molecule has 130 valence electrons. The van der Waals surface area contributed by atoms with Gasteiger partial charge in [0.25, 0.3) is 0 Å². The highest BCUT2D eigenvalue weighted by Crippen LogP contribution is 2.05. The Morgan fingerprint density at radius 1 is 0.682 bits per heavy atom. The maximum Gasteiger partial charge on any atom is 0.220 e. The van der Waals surface area contributed by atoms with Crippen LogP contribution in [0.25, 0.3) is 0 Å². The van der Waals surface area contributed by atoms with Crippen LogP contribution in [0.2, 0.25) is 0 Å². The Morgan fingerprint density at radius 2 is 1.18 bits per heavy atom. The van der Waals surface area contributed by atoms with Crippen molar-refractivity contribution < 1.29 is 9.59 Å². The average molecular weight is 312 g/mol. The fourth-order valence-electron chi connectivity index (χ4n) is 2.14. The zero-order valence-electron chi connectivity index (χ0n) is 15.0. The monoisotopic (exact) mass is 312 g/mol. The third-order valence-electron chi connectivity index (χ3n) is 3.63. The summed E-state index contributed by atoms with van der Waals surface area (Å²) in [5, 5.41) is 5.87. The molecule has 0 aliphatic carbocycles. The smallest absolute Gasteiger partial charge is 0.220 e. The topological polar surface area (TPSA) is 58.2 Å². The molecule has 0 bridgehead atoms. The van der Waals surface area contributed by atoms with Crippen LogP contribution < -0.4 is 10.6 Å². The van der Waals surface area contributed by atoms with Gasteiger partial charge in [-0.2, -0.15) is 0 Å². The summed E-state index contributed by atoms with van der Waals surface area (Å²) >= 11 is 0. The lowest BCUT2D eigenvalue weighted by Gasteiger charge is -2.08. The second-order valence-corrected chi connectivity index (χ2v) is 6.98. The van der Waals surface area contributed by atoms with Crippen LogP contribution in [0.3, 0.4) is 0 Å². The molecule has 0 spiro atoms. The third kappa shape index (κ3) is 15.3. The van der Waals surface area contributed by atoms with Gasteiger partial charge in [-0.05, 0) is 37.5 Å². The van der Waals surface area contributed by atoms with Crippen molar-refractivity contribution in [2.75, 3.05) is 13.1 Å². The van der Waals surface area contributed by atoms with Crippen molar-refractivity contribution >= 4 is 11.8 Å². The third-order valence-corrected chi connectivity index (χ3v) is 3.63. The minimum atomic E-state index is 0.128. The van der Waals surface area contributed by atoms with E-state index in [0.29, 0.717) is 25.3 Å². The fraction of sp³-hybridized carbons (Fsp3) is 0.889. The number of rotatable bonds is 13. The lowest BCUT2D eigenvalue weighted by atomic mass is 10.1. The van der Waals surface area contributed by atoms with Gasteiger partial charge < -0.3 is 10.6 Å². The van der Waals surface area contributed by atoms with Crippen LogP contribution in [-0.2, 0) is 9.59 Å². The van der Waals surface area contributed by atoms with Gasteiger partial charge in [0.05, 0.1) is 0 Å². The molecule has 0 aromatic carbocycles. The molecule has 0 radical (unpaired) electrons. The highest BCUT2D eigenvalue weighted by Gasteiger charge is 2.04. The van der Waals surface area contributed by atoms with Gasteiger partial charge in [0.1, 0.15) is 0 Å². The summed E-state index contributed by atoms with van der Waals surface area (Å²) in [7, 11) is 0. The molecule has 0 aliphatic rings. The molecule has 0 fully saturated rings. The van der Waals surface area contributed by atoms with Gasteiger partial charge in [0, 0.05) is 25.9 Å².